The molecule has 0 aliphatic heterocycles. The Morgan fingerprint density at radius 3 is 2.05 bits per heavy atom. The third-order valence-corrected chi connectivity index (χ3v) is 6.47. The smallest absolute Gasteiger partial charge is 0.408 e. The van der Waals surface area contributed by atoms with Crippen molar-refractivity contribution in [3.63, 3.8) is 0 Å². The Morgan fingerprint density at radius 1 is 1.05 bits per heavy atom. The number of hydrogen-bond acceptors (Lipinski definition) is 6. The van der Waals surface area contributed by atoms with Crippen LogP contribution in [0.3, 0.4) is 0 Å². The number of rotatable bonds is 9. The zero-order valence-corrected chi connectivity index (χ0v) is 21.2. The van der Waals surface area contributed by atoms with Gasteiger partial charge in [0.15, 0.2) is 0 Å². The van der Waals surface area contributed by atoms with Crippen LogP contribution in [0.2, 0.25) is 0 Å². The lowest BCUT2D eigenvalue weighted by molar-refractivity contribution is -0.170. The molecule has 2 saturated carbocycles. The maximum absolute atomic E-state index is 14.9. The van der Waals surface area contributed by atoms with Gasteiger partial charge >= 0.3 is 18.2 Å². The number of alkyl halides is 3. The van der Waals surface area contributed by atoms with Crippen LogP contribution < -0.4 is 16.4 Å². The Kier molecular flexibility index (Phi) is 8.40. The van der Waals surface area contributed by atoms with E-state index in [0.29, 0.717) is 17.9 Å². The fourth-order valence-corrected chi connectivity index (χ4v) is 4.56. The second-order valence-electron chi connectivity index (χ2n) is 10.7. The van der Waals surface area contributed by atoms with Crippen molar-refractivity contribution in [1.82, 2.24) is 5.32 Å². The first-order chi connectivity index (χ1) is 17.1. The lowest BCUT2D eigenvalue weighted by Gasteiger charge is -2.29. The largest absolute Gasteiger partial charge is 0.467 e. The topological polar surface area (TPSA) is 120 Å². The Bertz CT molecular complexity index is 1010. The number of carbonyl (C=O) groups is 3. The Morgan fingerprint density at radius 2 is 1.62 bits per heavy atom. The molecule has 0 spiro atoms. The maximum Gasteiger partial charge on any atom is 0.408 e. The minimum Gasteiger partial charge on any atom is -0.467 e. The number of alkyl carbamates (subject to hydrolysis) is 1. The molecule has 1 aromatic carbocycles. The van der Waals surface area contributed by atoms with Gasteiger partial charge in [0.05, 0.1) is 18.8 Å². The zero-order valence-electron chi connectivity index (χ0n) is 21.2. The molecule has 3 atom stereocenters. The molecule has 0 aromatic heterocycles. The molecule has 12 heteroatoms. The normalized spacial score (nSPS) is 18.5. The maximum atomic E-state index is 14.9. The first-order valence-electron chi connectivity index (χ1n) is 12.1. The number of amides is 2. The van der Waals surface area contributed by atoms with Gasteiger partial charge in [-0.2, -0.15) is 13.2 Å². The highest BCUT2D eigenvalue weighted by Gasteiger charge is 2.50. The van der Waals surface area contributed by atoms with Crippen molar-refractivity contribution in [3.05, 3.63) is 29.6 Å². The monoisotopic (exact) mass is 531 g/mol. The van der Waals surface area contributed by atoms with Gasteiger partial charge in [-0.25, -0.2) is 14.0 Å². The number of esters is 1. The van der Waals surface area contributed by atoms with Gasteiger partial charge in [-0.15, -0.1) is 0 Å². The number of benzene rings is 1. The Balaban J connectivity index is 1.83. The molecule has 0 bridgehead atoms. The van der Waals surface area contributed by atoms with Gasteiger partial charge in [-0.1, -0.05) is 6.07 Å². The van der Waals surface area contributed by atoms with Crippen LogP contribution in [0.1, 0.15) is 57.9 Å². The molecule has 206 valence electrons. The van der Waals surface area contributed by atoms with Crippen molar-refractivity contribution in [2.75, 3.05) is 12.4 Å². The molecular weight excluding hydrogens is 498 g/mol. The average molecular weight is 532 g/mol. The summed E-state index contributed by atoms with van der Waals surface area (Å²) >= 11 is 0. The van der Waals surface area contributed by atoms with Gasteiger partial charge in [0.25, 0.3) is 0 Å². The van der Waals surface area contributed by atoms with E-state index in [0.717, 1.165) is 44.9 Å². The van der Waals surface area contributed by atoms with E-state index >= 15 is 0 Å². The molecule has 0 saturated heterocycles. The van der Waals surface area contributed by atoms with E-state index in [1.165, 1.54) is 20.8 Å². The summed E-state index contributed by atoms with van der Waals surface area (Å²) in [5, 5.41) is 4.27. The number of nitrogens with two attached hydrogens (primary N) is 1. The Labute approximate surface area is 212 Å². The SMILES string of the molecule is COC(=O)C(NC(=O)OC(C)(C)C)C(c1ccc(NC(=O)[C@@H](N)C(C2CC2)C2CC2)c(F)c1)C(F)(F)F. The molecule has 4 N–H and O–H groups in total. The molecule has 2 aliphatic carbocycles. The molecule has 0 radical (unpaired) electrons. The Hall–Kier alpha value is -2.89. The van der Waals surface area contributed by atoms with E-state index in [2.05, 4.69) is 10.1 Å². The van der Waals surface area contributed by atoms with E-state index in [-0.39, 0.29) is 11.6 Å². The van der Waals surface area contributed by atoms with Crippen LogP contribution in [-0.2, 0) is 19.1 Å². The summed E-state index contributed by atoms with van der Waals surface area (Å²) in [7, 11) is 0.860. The summed E-state index contributed by atoms with van der Waals surface area (Å²) in [6, 6.07) is -0.659. The number of anilines is 1. The first kappa shape index (κ1) is 28.7. The summed E-state index contributed by atoms with van der Waals surface area (Å²) in [6.45, 7) is 4.48. The van der Waals surface area contributed by atoms with Crippen LogP contribution in [0, 0.1) is 23.6 Å². The molecule has 1 aromatic rings. The summed E-state index contributed by atoms with van der Waals surface area (Å²) in [6.07, 6.45) is -2.41. The van der Waals surface area contributed by atoms with Gasteiger partial charge in [-0.05, 0) is 81.9 Å². The third-order valence-electron chi connectivity index (χ3n) is 6.47. The number of methoxy groups -OCH3 is 1. The van der Waals surface area contributed by atoms with Crippen LogP contribution in [0.25, 0.3) is 0 Å². The average Bonchev–Trinajstić information content (AvgIpc) is 3.68. The van der Waals surface area contributed by atoms with E-state index in [1.54, 1.807) is 0 Å². The van der Waals surface area contributed by atoms with Crippen molar-refractivity contribution in [2.24, 2.45) is 23.5 Å². The predicted octanol–water partition coefficient (Wildman–Crippen LogP) is 4.24. The highest BCUT2D eigenvalue weighted by atomic mass is 19.4. The molecule has 8 nitrogen and oxygen atoms in total. The molecular formula is C25H33F4N3O5. The predicted molar refractivity (Wildman–Crippen MR) is 126 cm³/mol. The standard InChI is InChI=1S/C25H33F4N3O5/c1-24(2,3)37-23(35)32-20(22(34)36-4)18(25(27,28)29)14-9-10-16(15(26)11-14)31-21(33)19(30)17(12-5-6-12)13-7-8-13/h9-13,17-20H,5-8,30H2,1-4H3,(H,31,33)(H,32,35)/t18?,19-,20?/m0/s1. The fraction of sp³-hybridized carbons (Fsp3) is 0.640. The van der Waals surface area contributed by atoms with Crippen LogP contribution in [0.15, 0.2) is 18.2 Å². The van der Waals surface area contributed by atoms with Crippen molar-refractivity contribution < 1.29 is 41.4 Å². The van der Waals surface area contributed by atoms with Gasteiger partial charge in [0.2, 0.25) is 5.91 Å². The summed E-state index contributed by atoms with van der Waals surface area (Å²) in [4.78, 5) is 37.2. The molecule has 2 unspecified atom stereocenters. The fourth-order valence-electron chi connectivity index (χ4n) is 4.56. The van der Waals surface area contributed by atoms with Crippen LogP contribution >= 0.6 is 0 Å². The summed E-state index contributed by atoms with van der Waals surface area (Å²) in [5.74, 6) is -5.10. The van der Waals surface area contributed by atoms with Crippen molar-refractivity contribution in [1.29, 1.82) is 0 Å². The summed E-state index contributed by atoms with van der Waals surface area (Å²) < 4.78 is 66.8. The van der Waals surface area contributed by atoms with Crippen molar-refractivity contribution in [3.8, 4) is 0 Å². The second kappa shape index (κ2) is 10.8. The molecule has 37 heavy (non-hydrogen) atoms. The van der Waals surface area contributed by atoms with Gasteiger partial charge in [0.1, 0.15) is 23.4 Å². The van der Waals surface area contributed by atoms with Crippen LogP contribution in [0.5, 0.6) is 0 Å². The van der Waals surface area contributed by atoms with Gasteiger partial charge < -0.3 is 25.8 Å². The lowest BCUT2D eigenvalue weighted by atomic mass is 9.89. The molecule has 2 amide bonds. The molecule has 3 rings (SSSR count). The number of carbonyl (C=O) groups excluding carboxylic acids is 3. The van der Waals surface area contributed by atoms with Crippen molar-refractivity contribution >= 4 is 23.7 Å². The van der Waals surface area contributed by atoms with Gasteiger partial charge in [0, 0.05) is 0 Å². The van der Waals surface area contributed by atoms with E-state index < -0.39 is 59.1 Å². The summed E-state index contributed by atoms with van der Waals surface area (Å²) in [5.41, 5.74) is 4.11. The molecule has 2 fully saturated rings. The van der Waals surface area contributed by atoms with Crippen LogP contribution in [0.4, 0.5) is 28.0 Å². The number of halogens is 4. The zero-order chi connectivity index (χ0) is 27.7. The molecule has 0 heterocycles. The van der Waals surface area contributed by atoms with E-state index in [9.17, 15) is 31.9 Å². The number of nitrogens with one attached hydrogen (secondary N) is 2. The number of hydrogen-bond donors (Lipinski definition) is 3. The molecule has 2 aliphatic rings. The van der Waals surface area contributed by atoms with Gasteiger partial charge in [-0.3, -0.25) is 4.79 Å². The van der Waals surface area contributed by atoms with E-state index in [1.807, 2.05) is 5.32 Å². The highest BCUT2D eigenvalue weighted by Crippen LogP contribution is 2.50. The van der Waals surface area contributed by atoms with Crippen molar-refractivity contribution in [2.45, 2.75) is 76.2 Å². The lowest BCUT2D eigenvalue weighted by Crippen LogP contribution is -2.51. The second-order valence-corrected chi connectivity index (χ2v) is 10.7. The van der Waals surface area contributed by atoms with E-state index in [4.69, 9.17) is 10.5 Å². The number of ether oxygens (including phenoxy) is 2. The van der Waals surface area contributed by atoms with Crippen LogP contribution in [-0.4, -0.2) is 48.9 Å². The highest BCUT2D eigenvalue weighted by molar-refractivity contribution is 5.95. The minimum atomic E-state index is -5.09. The quantitative estimate of drug-likeness (QED) is 0.324. The minimum absolute atomic E-state index is 0.00307. The third kappa shape index (κ3) is 7.56. The first-order valence-corrected chi connectivity index (χ1v) is 12.1.